The number of Topliss-reactive ketones (excluding diaryl/α,β-unsaturated/α-hetero) is 1. The molecule has 0 N–H and O–H groups in total. The zero-order valence-corrected chi connectivity index (χ0v) is 11.3. The summed E-state index contributed by atoms with van der Waals surface area (Å²) in [5.41, 5.74) is 0.720. The predicted octanol–water partition coefficient (Wildman–Crippen LogP) is 3.99. The Labute approximate surface area is 104 Å². The first-order valence-electron chi connectivity index (χ1n) is 5.38. The van der Waals surface area contributed by atoms with Crippen LogP contribution >= 0.6 is 15.9 Å². The number of rotatable bonds is 4. The Bertz CT molecular complexity index is 388. The molecule has 1 aromatic carbocycles. The summed E-state index contributed by atoms with van der Waals surface area (Å²) in [5, 5.41) is 0. The molecule has 1 unspecified atom stereocenters. The highest BCUT2D eigenvalue weighted by Crippen LogP contribution is 2.21. The van der Waals surface area contributed by atoms with Gasteiger partial charge < -0.3 is 0 Å². The van der Waals surface area contributed by atoms with E-state index in [4.69, 9.17) is 0 Å². The molecule has 0 heterocycles. The molecule has 0 bridgehead atoms. The summed E-state index contributed by atoms with van der Waals surface area (Å²) in [6.07, 6.45) is 0.289. The lowest BCUT2D eigenvalue weighted by molar-refractivity contribution is -0.122. The van der Waals surface area contributed by atoms with Gasteiger partial charge in [0.25, 0.3) is 0 Å². The molecule has 3 heteroatoms. The molecule has 0 aliphatic carbocycles. The predicted molar refractivity (Wildman–Crippen MR) is 66.8 cm³/mol. The first-order valence-corrected chi connectivity index (χ1v) is 6.17. The Kier molecular flexibility index (Phi) is 4.66. The average Bonchev–Trinajstić information content (AvgIpc) is 2.22. The van der Waals surface area contributed by atoms with E-state index in [1.807, 2.05) is 20.8 Å². The van der Waals surface area contributed by atoms with Gasteiger partial charge in [-0.15, -0.1) is 0 Å². The molecule has 0 saturated heterocycles. The van der Waals surface area contributed by atoms with E-state index in [2.05, 4.69) is 15.9 Å². The van der Waals surface area contributed by atoms with Crippen molar-refractivity contribution in [3.05, 3.63) is 34.1 Å². The van der Waals surface area contributed by atoms with Crippen LogP contribution in [0.2, 0.25) is 0 Å². The lowest BCUT2D eigenvalue weighted by Crippen LogP contribution is -2.19. The van der Waals surface area contributed by atoms with Gasteiger partial charge in [-0.2, -0.15) is 0 Å². The molecule has 1 rings (SSSR count). The zero-order valence-electron chi connectivity index (χ0n) is 9.76. The van der Waals surface area contributed by atoms with Gasteiger partial charge in [0.2, 0.25) is 0 Å². The minimum absolute atomic E-state index is 0.00941. The monoisotopic (exact) mass is 286 g/mol. The maximum absolute atomic E-state index is 13.0. The maximum Gasteiger partial charge on any atom is 0.140 e. The number of halogens is 2. The minimum atomic E-state index is -0.303. The van der Waals surface area contributed by atoms with Crippen molar-refractivity contribution in [3.8, 4) is 0 Å². The molecule has 1 aromatic rings. The van der Waals surface area contributed by atoms with Gasteiger partial charge in [-0.05, 0) is 29.7 Å². The largest absolute Gasteiger partial charge is 0.299 e. The fourth-order valence-electron chi connectivity index (χ4n) is 1.40. The van der Waals surface area contributed by atoms with Gasteiger partial charge in [0, 0.05) is 16.8 Å². The minimum Gasteiger partial charge on any atom is -0.299 e. The highest BCUT2D eigenvalue weighted by molar-refractivity contribution is 9.10. The molecule has 1 atom stereocenters. The second-order valence-corrected chi connectivity index (χ2v) is 5.27. The first kappa shape index (κ1) is 13.4. The van der Waals surface area contributed by atoms with Gasteiger partial charge in [-0.3, -0.25) is 4.79 Å². The lowest BCUT2D eigenvalue weighted by Gasteiger charge is -2.14. The Hall–Kier alpha value is -0.700. The van der Waals surface area contributed by atoms with Crippen molar-refractivity contribution in [1.82, 2.24) is 0 Å². The van der Waals surface area contributed by atoms with Crippen LogP contribution in [0.5, 0.6) is 0 Å². The third-order valence-electron chi connectivity index (χ3n) is 2.88. The van der Waals surface area contributed by atoms with Crippen molar-refractivity contribution < 1.29 is 9.18 Å². The van der Waals surface area contributed by atoms with Gasteiger partial charge in [-0.1, -0.05) is 36.7 Å². The van der Waals surface area contributed by atoms with Crippen molar-refractivity contribution >= 4 is 21.7 Å². The fourth-order valence-corrected chi connectivity index (χ4v) is 1.79. The smallest absolute Gasteiger partial charge is 0.140 e. The highest BCUT2D eigenvalue weighted by atomic mass is 79.9. The van der Waals surface area contributed by atoms with E-state index < -0.39 is 0 Å². The molecule has 0 spiro atoms. The Morgan fingerprint density at radius 1 is 1.38 bits per heavy atom. The molecule has 0 aliphatic heterocycles. The number of hydrogen-bond acceptors (Lipinski definition) is 1. The molecule has 0 radical (unpaired) electrons. The normalized spacial score (nSPS) is 12.9. The summed E-state index contributed by atoms with van der Waals surface area (Å²) in [6.45, 7) is 5.95. The Morgan fingerprint density at radius 2 is 2.00 bits per heavy atom. The van der Waals surface area contributed by atoms with Crippen LogP contribution < -0.4 is 0 Å². The van der Waals surface area contributed by atoms with Crippen molar-refractivity contribution in [3.63, 3.8) is 0 Å². The summed E-state index contributed by atoms with van der Waals surface area (Å²) in [7, 11) is 0. The van der Waals surface area contributed by atoms with Gasteiger partial charge in [-0.25, -0.2) is 4.39 Å². The van der Waals surface area contributed by atoms with Crippen LogP contribution in [0.25, 0.3) is 0 Å². The topological polar surface area (TPSA) is 17.1 Å². The summed E-state index contributed by atoms with van der Waals surface area (Å²) < 4.78 is 13.8. The molecular weight excluding hydrogens is 271 g/mol. The molecular formula is C13H16BrFO. The molecule has 0 saturated carbocycles. The van der Waals surface area contributed by atoms with Crippen LogP contribution in [-0.2, 0) is 11.2 Å². The van der Waals surface area contributed by atoms with Crippen LogP contribution in [-0.4, -0.2) is 5.78 Å². The van der Waals surface area contributed by atoms with E-state index in [0.29, 0.717) is 5.92 Å². The van der Waals surface area contributed by atoms with Crippen LogP contribution in [0.4, 0.5) is 4.39 Å². The Morgan fingerprint density at radius 3 is 2.56 bits per heavy atom. The van der Waals surface area contributed by atoms with Crippen molar-refractivity contribution in [2.75, 3.05) is 0 Å². The van der Waals surface area contributed by atoms with E-state index >= 15 is 0 Å². The summed E-state index contributed by atoms with van der Waals surface area (Å²) >= 11 is 3.33. The maximum atomic E-state index is 13.0. The van der Waals surface area contributed by atoms with Crippen molar-refractivity contribution in [2.24, 2.45) is 11.8 Å². The zero-order chi connectivity index (χ0) is 12.3. The SMILES string of the molecule is CC(C)C(C)C(=O)Cc1cc(F)ccc1Br. The van der Waals surface area contributed by atoms with Gasteiger partial charge in [0.15, 0.2) is 0 Å². The van der Waals surface area contributed by atoms with E-state index in [9.17, 15) is 9.18 Å². The quantitative estimate of drug-likeness (QED) is 0.818. The highest BCUT2D eigenvalue weighted by Gasteiger charge is 2.18. The van der Waals surface area contributed by atoms with E-state index in [1.54, 1.807) is 6.07 Å². The third-order valence-corrected chi connectivity index (χ3v) is 3.65. The van der Waals surface area contributed by atoms with Gasteiger partial charge in [0.05, 0.1) is 0 Å². The van der Waals surface area contributed by atoms with Crippen LogP contribution in [0.1, 0.15) is 26.3 Å². The van der Waals surface area contributed by atoms with Gasteiger partial charge >= 0.3 is 0 Å². The Balaban J connectivity index is 2.80. The van der Waals surface area contributed by atoms with Crippen molar-refractivity contribution in [1.29, 1.82) is 0 Å². The van der Waals surface area contributed by atoms with E-state index in [0.717, 1.165) is 10.0 Å². The number of hydrogen-bond donors (Lipinski definition) is 0. The van der Waals surface area contributed by atoms with E-state index in [-0.39, 0.29) is 23.9 Å². The summed E-state index contributed by atoms with van der Waals surface area (Å²) in [4.78, 5) is 11.9. The number of benzene rings is 1. The molecule has 0 fully saturated rings. The lowest BCUT2D eigenvalue weighted by atomic mass is 9.90. The van der Waals surface area contributed by atoms with E-state index in [1.165, 1.54) is 12.1 Å². The number of carbonyl (C=O) groups excluding carboxylic acids is 1. The number of carbonyl (C=O) groups is 1. The number of ketones is 1. The molecule has 0 aromatic heterocycles. The average molecular weight is 287 g/mol. The van der Waals surface area contributed by atoms with Crippen LogP contribution in [0.3, 0.4) is 0 Å². The molecule has 0 aliphatic rings. The first-order chi connectivity index (χ1) is 7.41. The standard InChI is InChI=1S/C13H16BrFO/c1-8(2)9(3)13(16)7-10-6-11(15)4-5-12(10)14/h4-6,8-9H,7H2,1-3H3. The molecule has 88 valence electrons. The van der Waals surface area contributed by atoms with Crippen LogP contribution in [0.15, 0.2) is 22.7 Å². The summed E-state index contributed by atoms with van der Waals surface area (Å²) in [5.74, 6) is 0.180. The second-order valence-electron chi connectivity index (χ2n) is 4.41. The molecule has 1 nitrogen and oxygen atoms in total. The fraction of sp³-hybridized carbons (Fsp3) is 0.462. The summed E-state index contributed by atoms with van der Waals surface area (Å²) in [6, 6.07) is 4.43. The van der Waals surface area contributed by atoms with Gasteiger partial charge in [0.1, 0.15) is 11.6 Å². The third kappa shape index (κ3) is 3.41. The molecule has 16 heavy (non-hydrogen) atoms. The second kappa shape index (κ2) is 5.58. The van der Waals surface area contributed by atoms with Crippen LogP contribution in [0, 0.1) is 17.7 Å². The molecule has 0 amide bonds. The van der Waals surface area contributed by atoms with Crippen molar-refractivity contribution in [2.45, 2.75) is 27.2 Å².